The number of rotatable bonds is 12. The van der Waals surface area contributed by atoms with Gasteiger partial charge in [-0.05, 0) is 31.4 Å². The maximum absolute atomic E-state index is 12.6. The number of amides is 2. The van der Waals surface area contributed by atoms with E-state index in [0.29, 0.717) is 19.4 Å². The molecule has 0 aliphatic rings. The van der Waals surface area contributed by atoms with Crippen LogP contribution in [0.5, 0.6) is 0 Å². The highest BCUT2D eigenvalue weighted by atomic mass is 16.4. The standard InChI is InChI=1S/C18H28N4O5/c19-9-5-4-8-14(21-16(24)13(20)11-23)17(25)22-15(18(26)27)10-12-6-2-1-3-7-12/h1-3,6-7,13-15,23H,4-5,8-11,19-20H2,(H,21,24)(H,22,25)(H,26,27). The fraction of sp³-hybridized carbons (Fsp3) is 0.500. The molecule has 0 bridgehead atoms. The second-order valence-electron chi connectivity index (χ2n) is 6.22. The Balaban J connectivity index is 2.80. The number of aliphatic carboxylic acids is 1. The summed E-state index contributed by atoms with van der Waals surface area (Å²) in [6.07, 6.45) is 1.61. The van der Waals surface area contributed by atoms with E-state index in [9.17, 15) is 19.5 Å². The fourth-order valence-corrected chi connectivity index (χ4v) is 2.45. The van der Waals surface area contributed by atoms with Gasteiger partial charge in [0.2, 0.25) is 11.8 Å². The molecule has 8 N–H and O–H groups in total. The number of nitrogens with two attached hydrogens (primary N) is 2. The van der Waals surface area contributed by atoms with Crippen molar-refractivity contribution >= 4 is 17.8 Å². The number of nitrogens with one attached hydrogen (secondary N) is 2. The van der Waals surface area contributed by atoms with Gasteiger partial charge in [-0.15, -0.1) is 0 Å². The maximum Gasteiger partial charge on any atom is 0.326 e. The predicted octanol–water partition coefficient (Wildman–Crippen LogP) is -1.27. The quantitative estimate of drug-likeness (QED) is 0.246. The highest BCUT2D eigenvalue weighted by Gasteiger charge is 2.27. The molecule has 0 radical (unpaired) electrons. The summed E-state index contributed by atoms with van der Waals surface area (Å²) in [5, 5.41) is 23.3. The summed E-state index contributed by atoms with van der Waals surface area (Å²) < 4.78 is 0. The van der Waals surface area contributed by atoms with E-state index in [-0.39, 0.29) is 12.8 Å². The molecular weight excluding hydrogens is 352 g/mol. The number of unbranched alkanes of at least 4 members (excludes halogenated alkanes) is 1. The Morgan fingerprint density at radius 1 is 1.00 bits per heavy atom. The van der Waals surface area contributed by atoms with Gasteiger partial charge in [-0.2, -0.15) is 0 Å². The Bertz CT molecular complexity index is 611. The van der Waals surface area contributed by atoms with Gasteiger partial charge in [0.1, 0.15) is 18.1 Å². The van der Waals surface area contributed by atoms with Gasteiger partial charge in [0, 0.05) is 6.42 Å². The van der Waals surface area contributed by atoms with Crippen LogP contribution in [0.15, 0.2) is 30.3 Å². The first-order valence-corrected chi connectivity index (χ1v) is 8.83. The zero-order valence-electron chi connectivity index (χ0n) is 15.1. The van der Waals surface area contributed by atoms with Crippen molar-refractivity contribution in [1.29, 1.82) is 0 Å². The van der Waals surface area contributed by atoms with Crippen LogP contribution in [0.25, 0.3) is 0 Å². The number of carbonyl (C=O) groups excluding carboxylic acids is 2. The minimum Gasteiger partial charge on any atom is -0.480 e. The lowest BCUT2D eigenvalue weighted by molar-refractivity contribution is -0.142. The third-order valence-electron chi connectivity index (χ3n) is 4.01. The lowest BCUT2D eigenvalue weighted by Gasteiger charge is -2.22. The van der Waals surface area contributed by atoms with E-state index in [1.807, 2.05) is 6.07 Å². The van der Waals surface area contributed by atoms with Gasteiger partial charge in [-0.3, -0.25) is 9.59 Å². The average Bonchev–Trinajstić information content (AvgIpc) is 2.66. The Labute approximate surface area is 158 Å². The first-order chi connectivity index (χ1) is 12.9. The Morgan fingerprint density at radius 3 is 2.19 bits per heavy atom. The van der Waals surface area contributed by atoms with Crippen LogP contribution >= 0.6 is 0 Å². The largest absolute Gasteiger partial charge is 0.480 e. The molecule has 0 spiro atoms. The molecular formula is C18H28N4O5. The number of carbonyl (C=O) groups is 3. The van der Waals surface area contributed by atoms with Crippen LogP contribution in [-0.4, -0.2) is 59.3 Å². The molecule has 3 unspecified atom stereocenters. The number of carboxylic acids is 1. The van der Waals surface area contributed by atoms with E-state index < -0.39 is 42.5 Å². The molecule has 1 aromatic rings. The van der Waals surface area contributed by atoms with Gasteiger partial charge in [-0.1, -0.05) is 30.3 Å². The van der Waals surface area contributed by atoms with Crippen molar-refractivity contribution in [2.24, 2.45) is 11.5 Å². The van der Waals surface area contributed by atoms with Gasteiger partial charge in [0.25, 0.3) is 0 Å². The molecule has 27 heavy (non-hydrogen) atoms. The van der Waals surface area contributed by atoms with Gasteiger partial charge >= 0.3 is 5.97 Å². The zero-order valence-corrected chi connectivity index (χ0v) is 15.1. The molecule has 0 heterocycles. The molecule has 0 saturated heterocycles. The van der Waals surface area contributed by atoms with Crippen LogP contribution in [0.3, 0.4) is 0 Å². The average molecular weight is 380 g/mol. The number of carboxylic acid groups (broad SMARTS) is 1. The minimum atomic E-state index is -1.17. The highest BCUT2D eigenvalue weighted by Crippen LogP contribution is 2.06. The lowest BCUT2D eigenvalue weighted by atomic mass is 10.0. The zero-order chi connectivity index (χ0) is 20.2. The maximum atomic E-state index is 12.6. The third-order valence-corrected chi connectivity index (χ3v) is 4.01. The summed E-state index contributed by atoms with van der Waals surface area (Å²) in [6.45, 7) is -0.126. The molecule has 9 heteroatoms. The topological polar surface area (TPSA) is 168 Å². The van der Waals surface area contributed by atoms with E-state index in [4.69, 9.17) is 16.6 Å². The molecule has 2 amide bonds. The van der Waals surface area contributed by atoms with Crippen molar-refractivity contribution in [2.75, 3.05) is 13.2 Å². The Hall–Kier alpha value is -2.49. The molecule has 0 aliphatic heterocycles. The van der Waals surface area contributed by atoms with E-state index in [0.717, 1.165) is 5.56 Å². The number of aliphatic hydroxyl groups excluding tert-OH is 1. The Morgan fingerprint density at radius 2 is 1.63 bits per heavy atom. The lowest BCUT2D eigenvalue weighted by Crippen LogP contribution is -2.55. The Kier molecular flexibility index (Phi) is 10.0. The van der Waals surface area contributed by atoms with Crippen molar-refractivity contribution < 1.29 is 24.6 Å². The van der Waals surface area contributed by atoms with Crippen LogP contribution in [0.2, 0.25) is 0 Å². The highest BCUT2D eigenvalue weighted by molar-refractivity contribution is 5.91. The number of hydrogen-bond donors (Lipinski definition) is 6. The number of benzene rings is 1. The van der Waals surface area contributed by atoms with E-state index in [2.05, 4.69) is 10.6 Å². The van der Waals surface area contributed by atoms with Crippen LogP contribution < -0.4 is 22.1 Å². The second-order valence-corrected chi connectivity index (χ2v) is 6.22. The van der Waals surface area contributed by atoms with Gasteiger partial charge in [0.15, 0.2) is 0 Å². The molecule has 0 fully saturated rings. The first kappa shape index (κ1) is 22.6. The molecule has 150 valence electrons. The van der Waals surface area contributed by atoms with Crippen LogP contribution in [0.1, 0.15) is 24.8 Å². The van der Waals surface area contributed by atoms with Gasteiger partial charge in [-0.25, -0.2) is 4.79 Å². The SMILES string of the molecule is NCCCCC(NC(=O)C(N)CO)C(=O)NC(Cc1ccccc1)C(=O)O. The summed E-state index contributed by atoms with van der Waals surface area (Å²) in [4.78, 5) is 36.0. The van der Waals surface area contributed by atoms with Crippen molar-refractivity contribution in [3.63, 3.8) is 0 Å². The molecule has 0 aromatic heterocycles. The molecule has 1 rings (SSSR count). The predicted molar refractivity (Wildman–Crippen MR) is 99.6 cm³/mol. The van der Waals surface area contributed by atoms with E-state index in [1.165, 1.54) is 0 Å². The monoisotopic (exact) mass is 380 g/mol. The van der Waals surface area contributed by atoms with Crippen molar-refractivity contribution in [1.82, 2.24) is 10.6 Å². The van der Waals surface area contributed by atoms with E-state index in [1.54, 1.807) is 24.3 Å². The van der Waals surface area contributed by atoms with E-state index >= 15 is 0 Å². The summed E-state index contributed by atoms with van der Waals surface area (Å²) in [6, 6.07) is 5.65. The van der Waals surface area contributed by atoms with Crippen molar-refractivity contribution in [3.8, 4) is 0 Å². The minimum absolute atomic E-state index is 0.113. The first-order valence-electron chi connectivity index (χ1n) is 8.83. The van der Waals surface area contributed by atoms with Gasteiger partial charge in [0.05, 0.1) is 6.61 Å². The summed E-state index contributed by atoms with van der Waals surface area (Å²) >= 11 is 0. The normalized spacial score (nSPS) is 14.0. The summed E-state index contributed by atoms with van der Waals surface area (Å²) in [7, 11) is 0. The summed E-state index contributed by atoms with van der Waals surface area (Å²) in [5.74, 6) is -2.47. The molecule has 0 saturated carbocycles. The number of hydrogen-bond acceptors (Lipinski definition) is 6. The molecule has 0 aliphatic carbocycles. The van der Waals surface area contributed by atoms with Crippen LogP contribution in [0, 0.1) is 0 Å². The van der Waals surface area contributed by atoms with Gasteiger partial charge < -0.3 is 32.3 Å². The molecule has 3 atom stereocenters. The van der Waals surface area contributed by atoms with Crippen molar-refractivity contribution in [3.05, 3.63) is 35.9 Å². The number of aliphatic hydroxyl groups is 1. The molecule has 1 aromatic carbocycles. The van der Waals surface area contributed by atoms with Crippen LogP contribution in [-0.2, 0) is 20.8 Å². The second kappa shape index (κ2) is 12.0. The molecule has 9 nitrogen and oxygen atoms in total. The van der Waals surface area contributed by atoms with Crippen molar-refractivity contribution in [2.45, 2.75) is 43.8 Å². The smallest absolute Gasteiger partial charge is 0.326 e. The summed E-state index contributed by atoms with van der Waals surface area (Å²) in [5.41, 5.74) is 11.7. The third kappa shape index (κ3) is 8.16. The van der Waals surface area contributed by atoms with Crippen LogP contribution in [0.4, 0.5) is 0 Å². The fourth-order valence-electron chi connectivity index (χ4n) is 2.45.